The highest BCUT2D eigenvalue weighted by molar-refractivity contribution is 5.56. The Morgan fingerprint density at radius 1 is 1.29 bits per heavy atom. The second-order valence-electron chi connectivity index (χ2n) is 4.96. The summed E-state index contributed by atoms with van der Waals surface area (Å²) in [6.45, 7) is 6.26. The number of aryl methyl sites for hydroxylation is 1. The minimum absolute atomic E-state index is 0.247. The van der Waals surface area contributed by atoms with Crippen LogP contribution in [0.15, 0.2) is 0 Å². The molecule has 1 heterocycles. The van der Waals surface area contributed by atoms with E-state index in [1.165, 1.54) is 19.3 Å². The molecule has 2 rings (SSSR count). The summed E-state index contributed by atoms with van der Waals surface area (Å²) in [5.74, 6) is 2.35. The van der Waals surface area contributed by atoms with Crippen molar-refractivity contribution in [2.24, 2.45) is 0 Å². The molecule has 17 heavy (non-hydrogen) atoms. The zero-order chi connectivity index (χ0) is 12.5. The van der Waals surface area contributed by atoms with Gasteiger partial charge in [0.05, 0.1) is 0 Å². The zero-order valence-corrected chi connectivity index (χ0v) is 11.0. The number of nitrogens with zero attached hydrogens (tertiary/aromatic N) is 2. The first-order chi connectivity index (χ1) is 8.10. The summed E-state index contributed by atoms with van der Waals surface area (Å²) in [6.07, 6.45) is 5.72. The second kappa shape index (κ2) is 4.51. The van der Waals surface area contributed by atoms with Crippen LogP contribution >= 0.6 is 0 Å². The molecule has 0 spiro atoms. The minimum Gasteiger partial charge on any atom is -0.383 e. The van der Waals surface area contributed by atoms with Crippen LogP contribution in [0.2, 0.25) is 0 Å². The van der Waals surface area contributed by atoms with E-state index < -0.39 is 0 Å². The molecular weight excluding hydrogens is 212 g/mol. The molecule has 0 aliphatic heterocycles. The van der Waals surface area contributed by atoms with Crippen LogP contribution in [0.4, 0.5) is 11.6 Å². The smallest absolute Gasteiger partial charge is 0.135 e. The van der Waals surface area contributed by atoms with E-state index in [-0.39, 0.29) is 5.54 Å². The van der Waals surface area contributed by atoms with Crippen LogP contribution in [-0.2, 0) is 6.42 Å². The number of hydrogen-bond donors (Lipinski definition) is 2. The van der Waals surface area contributed by atoms with Crippen molar-refractivity contribution in [3.05, 3.63) is 11.4 Å². The predicted octanol–water partition coefficient (Wildman–Crippen LogP) is 2.67. The van der Waals surface area contributed by atoms with Gasteiger partial charge in [-0.05, 0) is 32.6 Å². The quantitative estimate of drug-likeness (QED) is 0.840. The Morgan fingerprint density at radius 3 is 2.47 bits per heavy atom. The van der Waals surface area contributed by atoms with Gasteiger partial charge in [-0.25, -0.2) is 9.97 Å². The first-order valence-electron chi connectivity index (χ1n) is 6.51. The first kappa shape index (κ1) is 12.1. The van der Waals surface area contributed by atoms with E-state index in [4.69, 9.17) is 5.73 Å². The highest BCUT2D eigenvalue weighted by Gasteiger charge is 2.35. The maximum atomic E-state index is 5.93. The normalized spacial score (nSPS) is 17.6. The molecular formula is C13H22N4. The molecule has 1 saturated carbocycles. The number of nitrogen functional groups attached to an aromatic ring is 1. The Bertz CT molecular complexity index is 405. The van der Waals surface area contributed by atoms with Gasteiger partial charge in [-0.2, -0.15) is 0 Å². The van der Waals surface area contributed by atoms with E-state index in [1.807, 2.05) is 13.8 Å². The molecule has 1 aromatic rings. The lowest BCUT2D eigenvalue weighted by atomic mass is 9.75. The van der Waals surface area contributed by atoms with Crippen molar-refractivity contribution in [2.45, 2.75) is 58.4 Å². The van der Waals surface area contributed by atoms with E-state index in [0.29, 0.717) is 5.82 Å². The molecule has 1 aliphatic rings. The summed E-state index contributed by atoms with van der Waals surface area (Å²) in [4.78, 5) is 8.84. The average molecular weight is 234 g/mol. The third-order valence-corrected chi connectivity index (χ3v) is 3.92. The summed E-state index contributed by atoms with van der Waals surface area (Å²) in [7, 11) is 0. The van der Waals surface area contributed by atoms with Crippen molar-refractivity contribution in [1.82, 2.24) is 9.97 Å². The standard InChI is InChI=1S/C13H22N4/c1-4-10-15-11(14)9(3)12(16-10)17-13(5-2)7-6-8-13/h4-8H2,1-3H3,(H3,14,15,16,17). The van der Waals surface area contributed by atoms with E-state index in [0.717, 1.165) is 30.0 Å². The topological polar surface area (TPSA) is 63.8 Å². The number of nitrogens with one attached hydrogen (secondary N) is 1. The Balaban J connectivity index is 2.28. The molecule has 4 nitrogen and oxygen atoms in total. The van der Waals surface area contributed by atoms with Gasteiger partial charge in [0.1, 0.15) is 17.5 Å². The van der Waals surface area contributed by atoms with Gasteiger partial charge < -0.3 is 11.1 Å². The van der Waals surface area contributed by atoms with Crippen LogP contribution in [0.3, 0.4) is 0 Å². The van der Waals surface area contributed by atoms with Crippen LogP contribution in [0, 0.1) is 6.92 Å². The fourth-order valence-electron chi connectivity index (χ4n) is 2.28. The molecule has 0 aromatic carbocycles. The third kappa shape index (κ3) is 2.21. The van der Waals surface area contributed by atoms with E-state index in [9.17, 15) is 0 Å². The molecule has 0 radical (unpaired) electrons. The van der Waals surface area contributed by atoms with Crippen molar-refractivity contribution < 1.29 is 0 Å². The largest absolute Gasteiger partial charge is 0.383 e. The Kier molecular flexibility index (Phi) is 3.22. The van der Waals surface area contributed by atoms with Gasteiger partial charge in [0.15, 0.2) is 0 Å². The molecule has 94 valence electrons. The molecule has 0 amide bonds. The van der Waals surface area contributed by atoms with E-state index in [2.05, 4.69) is 22.2 Å². The van der Waals surface area contributed by atoms with Crippen molar-refractivity contribution in [2.75, 3.05) is 11.1 Å². The molecule has 1 fully saturated rings. The zero-order valence-electron chi connectivity index (χ0n) is 11.0. The molecule has 0 bridgehead atoms. The van der Waals surface area contributed by atoms with Crippen LogP contribution in [0.1, 0.15) is 50.9 Å². The highest BCUT2D eigenvalue weighted by Crippen LogP contribution is 2.38. The lowest BCUT2D eigenvalue weighted by molar-refractivity contribution is 0.268. The van der Waals surface area contributed by atoms with Crippen molar-refractivity contribution in [3.63, 3.8) is 0 Å². The maximum Gasteiger partial charge on any atom is 0.135 e. The van der Waals surface area contributed by atoms with Crippen molar-refractivity contribution in [1.29, 1.82) is 0 Å². The molecule has 1 aliphatic carbocycles. The SMILES string of the molecule is CCc1nc(N)c(C)c(NC2(CC)CCC2)n1. The summed E-state index contributed by atoms with van der Waals surface area (Å²) >= 11 is 0. The van der Waals surface area contributed by atoms with Gasteiger partial charge >= 0.3 is 0 Å². The predicted molar refractivity (Wildman–Crippen MR) is 71.1 cm³/mol. The highest BCUT2D eigenvalue weighted by atomic mass is 15.1. The fourth-order valence-corrected chi connectivity index (χ4v) is 2.28. The number of hydrogen-bond acceptors (Lipinski definition) is 4. The second-order valence-corrected chi connectivity index (χ2v) is 4.96. The van der Waals surface area contributed by atoms with Crippen LogP contribution in [0.25, 0.3) is 0 Å². The number of anilines is 2. The average Bonchev–Trinajstić information content (AvgIpc) is 2.28. The monoisotopic (exact) mass is 234 g/mol. The molecule has 3 N–H and O–H groups in total. The molecule has 0 saturated heterocycles. The minimum atomic E-state index is 0.247. The number of aromatic nitrogens is 2. The van der Waals surface area contributed by atoms with Gasteiger partial charge in [-0.1, -0.05) is 13.8 Å². The fraction of sp³-hybridized carbons (Fsp3) is 0.692. The molecule has 1 aromatic heterocycles. The Hall–Kier alpha value is -1.32. The van der Waals surface area contributed by atoms with Gasteiger partial charge in [-0.15, -0.1) is 0 Å². The maximum absolute atomic E-state index is 5.93. The van der Waals surface area contributed by atoms with Crippen LogP contribution < -0.4 is 11.1 Å². The van der Waals surface area contributed by atoms with Gasteiger partial charge in [0.25, 0.3) is 0 Å². The molecule has 0 unspecified atom stereocenters. The first-order valence-corrected chi connectivity index (χ1v) is 6.51. The van der Waals surface area contributed by atoms with E-state index >= 15 is 0 Å². The summed E-state index contributed by atoms with van der Waals surface area (Å²) < 4.78 is 0. The van der Waals surface area contributed by atoms with Gasteiger partial charge in [0.2, 0.25) is 0 Å². The summed E-state index contributed by atoms with van der Waals surface area (Å²) in [6, 6.07) is 0. The summed E-state index contributed by atoms with van der Waals surface area (Å²) in [5.41, 5.74) is 7.15. The Morgan fingerprint density at radius 2 is 2.00 bits per heavy atom. The Labute approximate surface area is 103 Å². The van der Waals surface area contributed by atoms with Crippen molar-refractivity contribution in [3.8, 4) is 0 Å². The van der Waals surface area contributed by atoms with Crippen LogP contribution in [-0.4, -0.2) is 15.5 Å². The lowest BCUT2D eigenvalue weighted by Crippen LogP contribution is -2.44. The van der Waals surface area contributed by atoms with Gasteiger partial charge in [0, 0.05) is 17.5 Å². The van der Waals surface area contributed by atoms with E-state index in [1.54, 1.807) is 0 Å². The summed E-state index contributed by atoms with van der Waals surface area (Å²) in [5, 5.41) is 3.59. The number of rotatable bonds is 4. The number of nitrogens with two attached hydrogens (primary N) is 1. The van der Waals surface area contributed by atoms with Gasteiger partial charge in [-0.3, -0.25) is 0 Å². The lowest BCUT2D eigenvalue weighted by Gasteiger charge is -2.42. The molecule has 0 atom stereocenters. The van der Waals surface area contributed by atoms with Crippen molar-refractivity contribution >= 4 is 11.6 Å². The van der Waals surface area contributed by atoms with Crippen LogP contribution in [0.5, 0.6) is 0 Å². The third-order valence-electron chi connectivity index (χ3n) is 3.92. The molecule has 4 heteroatoms.